The van der Waals surface area contributed by atoms with Crippen molar-refractivity contribution in [1.82, 2.24) is 5.32 Å². The Labute approximate surface area is 149 Å². The molecule has 1 amide bonds. The van der Waals surface area contributed by atoms with Crippen molar-refractivity contribution in [2.24, 2.45) is 23.7 Å². The Morgan fingerprint density at radius 3 is 2.24 bits per heavy atom. The lowest BCUT2D eigenvalue weighted by molar-refractivity contribution is -0.129. The smallest absolute Gasteiger partial charge is 0.221 e. The monoisotopic (exact) mass is 343 g/mol. The van der Waals surface area contributed by atoms with E-state index < -0.39 is 6.10 Å². The van der Waals surface area contributed by atoms with E-state index in [0.29, 0.717) is 18.3 Å². The van der Waals surface area contributed by atoms with Crippen molar-refractivity contribution in [2.75, 3.05) is 13.2 Å². The molecule has 4 heteroatoms. The highest BCUT2D eigenvalue weighted by Gasteiger charge is 2.58. The minimum absolute atomic E-state index is 0.00354. The summed E-state index contributed by atoms with van der Waals surface area (Å²) in [5, 5.41) is 21.3. The molecule has 0 aliphatic heterocycles. The molecule has 0 saturated heterocycles. The molecule has 1 atom stereocenters. The number of aliphatic hydroxyl groups is 2. The highest BCUT2D eigenvalue weighted by molar-refractivity contribution is 5.78. The Bertz CT molecular complexity index is 587. The molecule has 4 aliphatic rings. The van der Waals surface area contributed by atoms with Gasteiger partial charge in [0.25, 0.3) is 0 Å². The van der Waals surface area contributed by atoms with Crippen LogP contribution < -0.4 is 5.32 Å². The molecule has 0 heterocycles. The van der Waals surface area contributed by atoms with Crippen LogP contribution in [0.25, 0.3) is 0 Å². The van der Waals surface area contributed by atoms with Crippen molar-refractivity contribution < 1.29 is 15.0 Å². The van der Waals surface area contributed by atoms with E-state index in [4.69, 9.17) is 5.11 Å². The molecular formula is C21H29NO3. The molecule has 4 bridgehead atoms. The van der Waals surface area contributed by atoms with Crippen molar-refractivity contribution >= 4 is 5.91 Å². The number of carbonyl (C=O) groups excluding carboxylic acids is 1. The molecule has 136 valence electrons. The third-order valence-corrected chi connectivity index (χ3v) is 7.10. The number of hydrogen-bond acceptors (Lipinski definition) is 3. The topological polar surface area (TPSA) is 69.6 Å². The zero-order chi connectivity index (χ0) is 17.4. The third-order valence-electron chi connectivity index (χ3n) is 7.10. The summed E-state index contributed by atoms with van der Waals surface area (Å²) in [5.74, 6) is 2.92. The second-order valence-electron chi connectivity index (χ2n) is 8.53. The van der Waals surface area contributed by atoms with Crippen LogP contribution in [-0.4, -0.2) is 35.4 Å². The highest BCUT2D eigenvalue weighted by Crippen LogP contribution is 2.64. The summed E-state index contributed by atoms with van der Waals surface area (Å²) in [6.45, 7) is -0.195. The van der Waals surface area contributed by atoms with Crippen LogP contribution in [0.4, 0.5) is 0 Å². The first-order valence-corrected chi connectivity index (χ1v) is 9.73. The average molecular weight is 343 g/mol. The highest BCUT2D eigenvalue weighted by atomic mass is 16.3. The molecule has 4 aliphatic carbocycles. The molecule has 4 saturated carbocycles. The number of amides is 1. The van der Waals surface area contributed by atoms with Crippen LogP contribution in [0.1, 0.15) is 44.1 Å². The maximum absolute atomic E-state index is 12.7. The average Bonchev–Trinajstić information content (AvgIpc) is 2.63. The van der Waals surface area contributed by atoms with Gasteiger partial charge < -0.3 is 15.5 Å². The maximum Gasteiger partial charge on any atom is 0.221 e. The van der Waals surface area contributed by atoms with Gasteiger partial charge in [-0.25, -0.2) is 0 Å². The van der Waals surface area contributed by atoms with Crippen molar-refractivity contribution in [3.8, 4) is 0 Å². The van der Waals surface area contributed by atoms with E-state index in [-0.39, 0.29) is 24.5 Å². The van der Waals surface area contributed by atoms with Gasteiger partial charge in [0.2, 0.25) is 5.91 Å². The minimum Gasteiger partial charge on any atom is -0.394 e. The SMILES string of the molecule is O=C(CC1(c2ccccc2)C2CC3CC(C2)CC1C3)NC[C@@H](O)CO. The van der Waals surface area contributed by atoms with Gasteiger partial charge >= 0.3 is 0 Å². The van der Waals surface area contributed by atoms with Crippen LogP contribution in [0.5, 0.6) is 0 Å². The van der Waals surface area contributed by atoms with E-state index in [9.17, 15) is 9.90 Å². The Hall–Kier alpha value is -1.39. The maximum atomic E-state index is 12.7. The fourth-order valence-corrected chi connectivity index (χ4v) is 6.26. The van der Waals surface area contributed by atoms with Gasteiger partial charge in [-0.1, -0.05) is 30.3 Å². The number of rotatable bonds is 6. The molecule has 3 N–H and O–H groups in total. The summed E-state index contributed by atoms with van der Waals surface area (Å²) < 4.78 is 0. The van der Waals surface area contributed by atoms with Crippen molar-refractivity contribution in [3.63, 3.8) is 0 Å². The van der Waals surface area contributed by atoms with Crippen LogP contribution in [0.3, 0.4) is 0 Å². The van der Waals surface area contributed by atoms with Gasteiger partial charge in [0.15, 0.2) is 0 Å². The predicted molar refractivity (Wildman–Crippen MR) is 95.9 cm³/mol. The Morgan fingerprint density at radius 2 is 1.68 bits per heavy atom. The van der Waals surface area contributed by atoms with E-state index in [2.05, 4.69) is 29.6 Å². The number of nitrogens with one attached hydrogen (secondary N) is 1. The Kier molecular flexibility index (Phi) is 4.59. The van der Waals surface area contributed by atoms with Crippen molar-refractivity contribution in [3.05, 3.63) is 35.9 Å². The molecule has 0 radical (unpaired) electrons. The van der Waals surface area contributed by atoms with Gasteiger partial charge in [-0.3, -0.25) is 4.79 Å². The molecule has 25 heavy (non-hydrogen) atoms. The number of aliphatic hydroxyl groups excluding tert-OH is 2. The first kappa shape index (κ1) is 17.0. The predicted octanol–water partition coefficient (Wildman–Crippen LogP) is 2.24. The van der Waals surface area contributed by atoms with E-state index >= 15 is 0 Å². The van der Waals surface area contributed by atoms with Crippen LogP contribution in [0.15, 0.2) is 30.3 Å². The molecule has 0 unspecified atom stereocenters. The summed E-state index contributed by atoms with van der Waals surface area (Å²) >= 11 is 0. The molecule has 5 rings (SSSR count). The zero-order valence-electron chi connectivity index (χ0n) is 14.7. The molecular weight excluding hydrogens is 314 g/mol. The normalized spacial score (nSPS) is 37.0. The first-order valence-electron chi connectivity index (χ1n) is 9.73. The lowest BCUT2D eigenvalue weighted by Gasteiger charge is -2.61. The number of carbonyl (C=O) groups is 1. The standard InChI is InChI=1S/C21H29NO3/c23-13-19(24)12-22-20(25)11-21(16-4-2-1-3-5-16)17-7-14-6-15(9-17)10-18(21)8-14/h1-5,14-15,17-19,23-24H,6-13H2,(H,22,25)/t14?,15?,17?,18?,19-,21?/m1/s1. The second-order valence-corrected chi connectivity index (χ2v) is 8.53. The molecule has 4 nitrogen and oxygen atoms in total. The molecule has 0 aromatic heterocycles. The van der Waals surface area contributed by atoms with Crippen LogP contribution in [0, 0.1) is 23.7 Å². The lowest BCUT2D eigenvalue weighted by atomic mass is 9.43. The fraction of sp³-hybridized carbons (Fsp3) is 0.667. The summed E-state index contributed by atoms with van der Waals surface area (Å²) in [6, 6.07) is 10.6. The van der Waals surface area contributed by atoms with Crippen molar-refractivity contribution in [2.45, 2.75) is 50.0 Å². The first-order chi connectivity index (χ1) is 12.1. The lowest BCUT2D eigenvalue weighted by Crippen LogP contribution is -2.57. The Balaban J connectivity index is 1.61. The van der Waals surface area contributed by atoms with Crippen molar-refractivity contribution in [1.29, 1.82) is 0 Å². The van der Waals surface area contributed by atoms with Gasteiger partial charge in [0, 0.05) is 18.4 Å². The van der Waals surface area contributed by atoms with Crippen LogP contribution >= 0.6 is 0 Å². The van der Waals surface area contributed by atoms with E-state index in [1.54, 1.807) is 0 Å². The van der Waals surface area contributed by atoms with E-state index in [1.165, 1.54) is 37.7 Å². The summed E-state index contributed by atoms with van der Waals surface area (Å²) in [7, 11) is 0. The molecule has 4 fully saturated rings. The fourth-order valence-electron chi connectivity index (χ4n) is 6.26. The van der Waals surface area contributed by atoms with E-state index in [1.807, 2.05) is 6.07 Å². The number of hydrogen-bond donors (Lipinski definition) is 3. The van der Waals surface area contributed by atoms with Crippen LogP contribution in [-0.2, 0) is 10.2 Å². The zero-order valence-corrected chi connectivity index (χ0v) is 14.7. The Morgan fingerprint density at radius 1 is 1.08 bits per heavy atom. The summed E-state index contributed by atoms with van der Waals surface area (Å²) in [5.41, 5.74) is 1.27. The number of benzene rings is 1. The minimum atomic E-state index is -0.880. The van der Waals surface area contributed by atoms with Gasteiger partial charge in [0.1, 0.15) is 0 Å². The molecule has 1 aromatic carbocycles. The quantitative estimate of drug-likeness (QED) is 0.742. The second kappa shape index (κ2) is 6.73. The summed E-state index contributed by atoms with van der Waals surface area (Å²) in [6.07, 6.45) is 6.05. The van der Waals surface area contributed by atoms with Crippen LogP contribution in [0.2, 0.25) is 0 Å². The summed E-state index contributed by atoms with van der Waals surface area (Å²) in [4.78, 5) is 12.7. The molecule has 1 aromatic rings. The third kappa shape index (κ3) is 3.00. The van der Waals surface area contributed by atoms with Gasteiger partial charge in [0.05, 0.1) is 12.7 Å². The molecule has 0 spiro atoms. The largest absolute Gasteiger partial charge is 0.394 e. The van der Waals surface area contributed by atoms with Gasteiger partial charge in [-0.2, -0.15) is 0 Å². The van der Waals surface area contributed by atoms with E-state index in [0.717, 1.165) is 11.8 Å². The van der Waals surface area contributed by atoms with Gasteiger partial charge in [-0.15, -0.1) is 0 Å². The van der Waals surface area contributed by atoms with Gasteiger partial charge in [-0.05, 0) is 61.3 Å².